The van der Waals surface area contributed by atoms with E-state index in [0.717, 1.165) is 4.88 Å². The predicted molar refractivity (Wildman–Crippen MR) is 85.3 cm³/mol. The van der Waals surface area contributed by atoms with Gasteiger partial charge in [0, 0.05) is 17.7 Å². The van der Waals surface area contributed by atoms with E-state index in [-0.39, 0.29) is 31.1 Å². The van der Waals surface area contributed by atoms with Crippen LogP contribution in [0.1, 0.15) is 53.0 Å². The van der Waals surface area contributed by atoms with Crippen molar-refractivity contribution in [3.63, 3.8) is 0 Å². The molecule has 0 aromatic carbocycles. The van der Waals surface area contributed by atoms with E-state index in [4.69, 9.17) is 9.26 Å². The van der Waals surface area contributed by atoms with Crippen molar-refractivity contribution in [2.24, 2.45) is 5.92 Å². The number of nitrogens with zero attached hydrogens (tertiary/aromatic N) is 2. The Bertz CT molecular complexity index is 675. The first-order valence-electron chi connectivity index (χ1n) is 7.50. The number of carbonyl (C=O) groups is 2. The number of carbonyl (C=O) groups excluding carboxylic acids is 2. The fraction of sp³-hybridized carbons (Fsp3) is 0.500. The van der Waals surface area contributed by atoms with Crippen molar-refractivity contribution in [2.75, 3.05) is 0 Å². The number of rotatable bonds is 8. The van der Waals surface area contributed by atoms with Crippen LogP contribution < -0.4 is 0 Å². The monoisotopic (exact) mass is 336 g/mol. The zero-order chi connectivity index (χ0) is 16.8. The molecule has 0 saturated heterocycles. The topological polar surface area (TPSA) is 82.3 Å². The van der Waals surface area contributed by atoms with E-state index in [0.29, 0.717) is 23.0 Å². The Morgan fingerprint density at radius 3 is 2.74 bits per heavy atom. The van der Waals surface area contributed by atoms with Gasteiger partial charge in [-0.2, -0.15) is 4.98 Å². The minimum absolute atomic E-state index is 0.0444. The van der Waals surface area contributed by atoms with Crippen LogP contribution in [0.25, 0.3) is 0 Å². The molecule has 2 aromatic heterocycles. The van der Waals surface area contributed by atoms with E-state index < -0.39 is 5.97 Å². The van der Waals surface area contributed by atoms with Crippen molar-refractivity contribution < 1.29 is 18.8 Å². The van der Waals surface area contributed by atoms with Gasteiger partial charge in [0.2, 0.25) is 0 Å². The van der Waals surface area contributed by atoms with Crippen molar-refractivity contribution in [1.82, 2.24) is 10.1 Å². The van der Waals surface area contributed by atoms with Crippen molar-refractivity contribution >= 4 is 23.1 Å². The van der Waals surface area contributed by atoms with E-state index in [1.54, 1.807) is 6.07 Å². The van der Waals surface area contributed by atoms with E-state index in [1.165, 1.54) is 11.3 Å². The van der Waals surface area contributed by atoms with Crippen molar-refractivity contribution in [2.45, 2.75) is 46.6 Å². The molecule has 2 rings (SSSR count). The van der Waals surface area contributed by atoms with Crippen molar-refractivity contribution in [3.8, 4) is 0 Å². The lowest BCUT2D eigenvalue weighted by atomic mass is 10.1. The quantitative estimate of drug-likeness (QED) is 0.543. The molecule has 7 heteroatoms. The SMILES string of the molecule is Cc1ccc(C(=O)CCC(=O)OCc2nc(CC(C)C)no2)s1. The van der Waals surface area contributed by atoms with Gasteiger partial charge in [0.05, 0.1) is 11.3 Å². The van der Waals surface area contributed by atoms with Gasteiger partial charge in [-0.05, 0) is 25.0 Å². The number of hydrogen-bond donors (Lipinski definition) is 0. The molecule has 6 nitrogen and oxygen atoms in total. The molecule has 0 aliphatic rings. The van der Waals surface area contributed by atoms with Gasteiger partial charge in [-0.3, -0.25) is 9.59 Å². The van der Waals surface area contributed by atoms with Crippen molar-refractivity contribution in [3.05, 3.63) is 33.6 Å². The number of aromatic nitrogens is 2. The minimum atomic E-state index is -0.449. The summed E-state index contributed by atoms with van der Waals surface area (Å²) in [6.45, 7) is 5.99. The van der Waals surface area contributed by atoms with Crippen LogP contribution in [0.4, 0.5) is 0 Å². The largest absolute Gasteiger partial charge is 0.456 e. The number of aryl methyl sites for hydroxylation is 1. The second-order valence-corrected chi connectivity index (χ2v) is 6.98. The Kier molecular flexibility index (Phi) is 6.04. The third-order valence-electron chi connectivity index (χ3n) is 3.03. The van der Waals surface area contributed by atoms with Gasteiger partial charge in [0.1, 0.15) is 0 Å². The van der Waals surface area contributed by atoms with Crippen LogP contribution in [-0.4, -0.2) is 21.9 Å². The van der Waals surface area contributed by atoms with Gasteiger partial charge in [-0.1, -0.05) is 19.0 Å². The smallest absolute Gasteiger partial charge is 0.306 e. The zero-order valence-corrected chi connectivity index (χ0v) is 14.3. The standard InChI is InChI=1S/C16H20N2O4S/c1-10(2)8-14-17-15(22-18-14)9-21-16(20)7-5-12(19)13-6-4-11(3)23-13/h4,6,10H,5,7-9H2,1-3H3. The predicted octanol–water partition coefficient (Wildman–Crippen LogP) is 3.34. The number of ether oxygens (including phenoxy) is 1. The molecule has 0 amide bonds. The number of ketones is 1. The highest BCUT2D eigenvalue weighted by Crippen LogP contribution is 2.17. The highest BCUT2D eigenvalue weighted by molar-refractivity contribution is 7.14. The molecule has 0 spiro atoms. The van der Waals surface area contributed by atoms with E-state index in [9.17, 15) is 9.59 Å². The summed E-state index contributed by atoms with van der Waals surface area (Å²) in [6, 6.07) is 3.67. The summed E-state index contributed by atoms with van der Waals surface area (Å²) >= 11 is 1.43. The number of Topliss-reactive ketones (excluding diaryl/α,β-unsaturated/α-hetero) is 1. The molecule has 124 valence electrons. The highest BCUT2D eigenvalue weighted by atomic mass is 32.1. The van der Waals surface area contributed by atoms with Gasteiger partial charge < -0.3 is 9.26 Å². The maximum atomic E-state index is 11.9. The molecule has 0 aliphatic heterocycles. The van der Waals surface area contributed by atoms with Gasteiger partial charge >= 0.3 is 5.97 Å². The second-order valence-electron chi connectivity index (χ2n) is 5.70. The summed E-state index contributed by atoms with van der Waals surface area (Å²) in [5, 5.41) is 3.82. The first kappa shape index (κ1) is 17.3. The molecule has 0 bridgehead atoms. The summed E-state index contributed by atoms with van der Waals surface area (Å²) in [4.78, 5) is 29.5. The Balaban J connectivity index is 1.72. The van der Waals surface area contributed by atoms with Gasteiger partial charge in [-0.15, -0.1) is 11.3 Å². The fourth-order valence-electron chi connectivity index (χ4n) is 1.93. The van der Waals surface area contributed by atoms with Crippen LogP contribution in [0.2, 0.25) is 0 Å². The van der Waals surface area contributed by atoms with E-state index in [1.807, 2.05) is 13.0 Å². The Hall–Kier alpha value is -2.02. The van der Waals surface area contributed by atoms with E-state index >= 15 is 0 Å². The summed E-state index contributed by atoms with van der Waals surface area (Å²) in [7, 11) is 0. The lowest BCUT2D eigenvalue weighted by Gasteiger charge is -2.01. The normalized spacial score (nSPS) is 11.0. The van der Waals surface area contributed by atoms with Crippen molar-refractivity contribution in [1.29, 1.82) is 0 Å². The van der Waals surface area contributed by atoms with Gasteiger partial charge in [0.25, 0.3) is 5.89 Å². The molecule has 2 heterocycles. The third kappa shape index (κ3) is 5.59. The number of hydrogen-bond acceptors (Lipinski definition) is 7. The van der Waals surface area contributed by atoms with Crippen LogP contribution >= 0.6 is 11.3 Å². The first-order valence-corrected chi connectivity index (χ1v) is 8.32. The molecule has 0 unspecified atom stereocenters. The second kappa shape index (κ2) is 8.01. The lowest BCUT2D eigenvalue weighted by molar-refractivity contribution is -0.145. The minimum Gasteiger partial charge on any atom is -0.456 e. The molecule has 23 heavy (non-hydrogen) atoms. The summed E-state index contributed by atoms with van der Waals surface area (Å²) < 4.78 is 10.1. The molecule has 0 atom stereocenters. The van der Waals surface area contributed by atoms with Gasteiger partial charge in [0.15, 0.2) is 18.2 Å². The van der Waals surface area contributed by atoms with Crippen LogP contribution in [0.15, 0.2) is 16.7 Å². The maximum Gasteiger partial charge on any atom is 0.306 e. The molecular formula is C16H20N2O4S. The van der Waals surface area contributed by atoms with Crippen LogP contribution in [-0.2, 0) is 22.6 Å². The summed E-state index contributed by atoms with van der Waals surface area (Å²) in [5.74, 6) is 0.811. The van der Waals surface area contributed by atoms with Gasteiger partial charge in [-0.25, -0.2) is 0 Å². The van der Waals surface area contributed by atoms with Crippen LogP contribution in [0.5, 0.6) is 0 Å². The van der Waals surface area contributed by atoms with Crippen LogP contribution in [0, 0.1) is 12.8 Å². The Labute approximate surface area is 138 Å². The molecular weight excluding hydrogens is 316 g/mol. The molecule has 0 aliphatic carbocycles. The molecule has 0 N–H and O–H groups in total. The van der Waals surface area contributed by atoms with Crippen LogP contribution in [0.3, 0.4) is 0 Å². The Morgan fingerprint density at radius 1 is 1.30 bits per heavy atom. The summed E-state index contributed by atoms with van der Waals surface area (Å²) in [6.07, 6.45) is 0.899. The van der Waals surface area contributed by atoms with E-state index in [2.05, 4.69) is 24.0 Å². The molecule has 2 aromatic rings. The third-order valence-corrected chi connectivity index (χ3v) is 4.07. The molecule has 0 saturated carbocycles. The number of thiophene rings is 1. The Morgan fingerprint density at radius 2 is 2.09 bits per heavy atom. The highest BCUT2D eigenvalue weighted by Gasteiger charge is 2.14. The lowest BCUT2D eigenvalue weighted by Crippen LogP contribution is -2.08. The fourth-order valence-corrected chi connectivity index (χ4v) is 2.77. The first-order chi connectivity index (χ1) is 10.9. The molecule has 0 radical (unpaired) electrons. The maximum absolute atomic E-state index is 11.9. The zero-order valence-electron chi connectivity index (χ0n) is 13.5. The average Bonchev–Trinajstić information content (AvgIpc) is 3.11. The average molecular weight is 336 g/mol. The number of esters is 1. The summed E-state index contributed by atoms with van der Waals surface area (Å²) in [5.41, 5.74) is 0. The molecule has 0 fully saturated rings.